The summed E-state index contributed by atoms with van der Waals surface area (Å²) in [6.07, 6.45) is 76.8. The largest absolute Gasteiger partial charge is 0.472 e. The van der Waals surface area contributed by atoms with Gasteiger partial charge in [0, 0.05) is 6.42 Å². The zero-order chi connectivity index (χ0) is 49.9. The number of hydrogen-bond donors (Lipinski definition) is 3. The average molecular weight is 960 g/mol. The van der Waals surface area contributed by atoms with Gasteiger partial charge in [0.25, 0.3) is 0 Å². The monoisotopic (exact) mass is 960 g/mol. The van der Waals surface area contributed by atoms with E-state index in [1.165, 1.54) is 0 Å². The summed E-state index contributed by atoms with van der Waals surface area (Å²) in [7, 11) is 1.52. The van der Waals surface area contributed by atoms with Crippen molar-refractivity contribution in [2.75, 3.05) is 40.9 Å². The molecule has 0 bridgehead atoms. The molecule has 0 aromatic heterocycles. The molecule has 8 nitrogen and oxygen atoms in total. The minimum absolute atomic E-state index is 0.0464. The molecular weight excluding hydrogens is 864 g/mol. The van der Waals surface area contributed by atoms with E-state index in [4.69, 9.17) is 9.05 Å². The van der Waals surface area contributed by atoms with Crippen molar-refractivity contribution >= 4 is 13.7 Å². The highest BCUT2D eigenvalue weighted by atomic mass is 31.2. The SMILES string of the molecule is CC/C=C\C/C=C\C/C=C\C/C=C\C/C=C\C/C=C\C/C=C\C/C=C\C/C=C\C/C=C\C/C=C\C/C=C\CCCCCCC(=O)NC(COP(=O)(O)OCC[N+](C)(C)C)C(O)/C=C/CCCCC. The van der Waals surface area contributed by atoms with Gasteiger partial charge < -0.3 is 19.8 Å². The molecule has 0 fully saturated rings. The molecule has 0 aliphatic heterocycles. The van der Waals surface area contributed by atoms with Crippen LogP contribution in [0.25, 0.3) is 0 Å². The Bertz CT molecular complexity index is 1650. The summed E-state index contributed by atoms with van der Waals surface area (Å²) >= 11 is 0. The molecule has 3 unspecified atom stereocenters. The van der Waals surface area contributed by atoms with Crippen molar-refractivity contribution in [3.63, 3.8) is 0 Å². The van der Waals surface area contributed by atoms with Gasteiger partial charge in [0.2, 0.25) is 5.91 Å². The van der Waals surface area contributed by atoms with Gasteiger partial charge in [0.15, 0.2) is 0 Å². The van der Waals surface area contributed by atoms with Crippen LogP contribution in [0, 0.1) is 0 Å². The molecule has 3 atom stereocenters. The van der Waals surface area contributed by atoms with Crippen LogP contribution in [0.4, 0.5) is 0 Å². The number of quaternary nitrogens is 1. The molecule has 0 saturated heterocycles. The quantitative estimate of drug-likeness (QED) is 0.0243. The van der Waals surface area contributed by atoms with Crippen molar-refractivity contribution in [3.05, 3.63) is 158 Å². The predicted octanol–water partition coefficient (Wildman–Crippen LogP) is 15.5. The van der Waals surface area contributed by atoms with Gasteiger partial charge in [-0.15, -0.1) is 0 Å². The van der Waals surface area contributed by atoms with Crippen molar-refractivity contribution in [3.8, 4) is 0 Å². The van der Waals surface area contributed by atoms with E-state index in [9.17, 15) is 19.4 Å². The molecule has 382 valence electrons. The van der Waals surface area contributed by atoms with Crippen LogP contribution in [0.5, 0.6) is 0 Å². The van der Waals surface area contributed by atoms with Crippen molar-refractivity contribution in [2.45, 2.75) is 167 Å². The Kier molecular flexibility index (Phi) is 45.4. The van der Waals surface area contributed by atoms with Crippen LogP contribution in [0.2, 0.25) is 0 Å². The number of aliphatic hydroxyl groups excluding tert-OH is 1. The number of allylic oxidation sites excluding steroid dienone is 25. The summed E-state index contributed by atoms with van der Waals surface area (Å²) < 4.78 is 23.3. The van der Waals surface area contributed by atoms with Gasteiger partial charge in [0.1, 0.15) is 13.2 Å². The highest BCUT2D eigenvalue weighted by molar-refractivity contribution is 7.47. The molecule has 0 aromatic carbocycles. The van der Waals surface area contributed by atoms with Crippen LogP contribution in [0.15, 0.2) is 158 Å². The zero-order valence-corrected chi connectivity index (χ0v) is 44.2. The molecule has 0 rings (SSSR count). The van der Waals surface area contributed by atoms with Gasteiger partial charge in [-0.3, -0.25) is 13.8 Å². The van der Waals surface area contributed by atoms with Crippen LogP contribution < -0.4 is 5.32 Å². The van der Waals surface area contributed by atoms with Gasteiger partial charge >= 0.3 is 7.82 Å². The maximum absolute atomic E-state index is 12.8. The second kappa shape index (κ2) is 48.2. The van der Waals surface area contributed by atoms with E-state index >= 15 is 0 Å². The number of phosphoric ester groups is 1. The average Bonchev–Trinajstić information content (AvgIpc) is 3.30. The van der Waals surface area contributed by atoms with Crippen molar-refractivity contribution in [1.82, 2.24) is 5.32 Å². The Morgan fingerprint density at radius 2 is 0.882 bits per heavy atom. The normalized spacial score (nSPS) is 15.3. The first kappa shape index (κ1) is 64.1. The lowest BCUT2D eigenvalue weighted by molar-refractivity contribution is -0.870. The Labute approximate surface area is 416 Å². The van der Waals surface area contributed by atoms with Gasteiger partial charge in [-0.25, -0.2) is 4.57 Å². The van der Waals surface area contributed by atoms with E-state index in [0.29, 0.717) is 17.4 Å². The lowest BCUT2D eigenvalue weighted by atomic mass is 10.1. The molecule has 0 saturated carbocycles. The number of carbonyl (C=O) groups is 1. The standard InChI is InChI=1S/C59H95N2O6P/c1-6-8-10-12-13-14-15-16-17-18-19-20-21-22-23-24-25-26-27-28-29-30-31-32-33-34-35-36-37-38-39-40-41-42-43-44-45-46-47-49-51-53-59(63)60-57(58(62)52-50-48-11-9-7-2)56-67-68(64,65)66-55-54-61(3,4)5/h8,10,13-14,16-17,19-20,22-23,25-26,28-29,31-32,34-35,37-38,40-41,43-44,50,52,57-58,62H,6-7,9,11-12,15,18,21,24,27,30,33,36,39,42,45-49,51,53-56H2,1-5H3,(H-,60,63,64,65)/p+1/b10-8-,14-13-,17-16-,20-19-,23-22-,26-25-,29-28-,32-31-,35-34-,38-37-,41-40-,44-43-,52-50+. The number of aliphatic hydroxyl groups is 1. The highest BCUT2D eigenvalue weighted by Crippen LogP contribution is 2.43. The molecule has 1 amide bonds. The summed E-state index contributed by atoms with van der Waals surface area (Å²) in [4.78, 5) is 22.9. The molecule has 0 aliphatic carbocycles. The molecule has 0 radical (unpaired) electrons. The molecule has 0 spiro atoms. The van der Waals surface area contributed by atoms with E-state index < -0.39 is 20.0 Å². The third kappa shape index (κ3) is 50.0. The number of hydrogen-bond acceptors (Lipinski definition) is 5. The zero-order valence-electron chi connectivity index (χ0n) is 43.3. The third-order valence-corrected chi connectivity index (χ3v) is 11.2. The molecule has 0 aromatic rings. The van der Waals surface area contributed by atoms with E-state index in [2.05, 4.69) is 165 Å². The number of rotatable bonds is 44. The fourth-order valence-corrected chi connectivity index (χ4v) is 6.93. The molecular formula is C59H96N2O6P+. The predicted molar refractivity (Wildman–Crippen MR) is 294 cm³/mol. The fourth-order valence-electron chi connectivity index (χ4n) is 6.20. The smallest absolute Gasteiger partial charge is 0.387 e. The number of unbranched alkanes of at least 4 members (excludes halogenated alkanes) is 7. The Hall–Kier alpha value is -3.88. The first-order chi connectivity index (χ1) is 33.0. The van der Waals surface area contributed by atoms with Gasteiger partial charge in [-0.2, -0.15) is 0 Å². The van der Waals surface area contributed by atoms with Crippen LogP contribution >= 0.6 is 7.82 Å². The second-order valence-corrected chi connectivity index (χ2v) is 19.3. The van der Waals surface area contributed by atoms with Gasteiger partial charge in [0.05, 0.1) is 39.9 Å². The molecule has 9 heteroatoms. The molecule has 3 N–H and O–H groups in total. The van der Waals surface area contributed by atoms with Crippen LogP contribution in [-0.2, 0) is 18.4 Å². The third-order valence-electron chi connectivity index (χ3n) is 10.3. The number of nitrogens with one attached hydrogen (secondary N) is 1. The Morgan fingerprint density at radius 3 is 1.28 bits per heavy atom. The van der Waals surface area contributed by atoms with Crippen molar-refractivity contribution < 1.29 is 32.9 Å². The Morgan fingerprint density at radius 1 is 0.515 bits per heavy atom. The summed E-state index contributed by atoms with van der Waals surface area (Å²) in [5, 5.41) is 13.6. The lowest BCUT2D eigenvalue weighted by Gasteiger charge is -2.25. The summed E-state index contributed by atoms with van der Waals surface area (Å²) in [5.74, 6) is -0.218. The number of nitrogens with zero attached hydrogens (tertiary/aromatic N) is 1. The molecule has 68 heavy (non-hydrogen) atoms. The summed E-state index contributed by atoms with van der Waals surface area (Å²) in [6, 6.07) is -0.867. The number of carbonyl (C=O) groups excluding carboxylic acids is 1. The van der Waals surface area contributed by atoms with Crippen LogP contribution in [0.3, 0.4) is 0 Å². The second-order valence-electron chi connectivity index (χ2n) is 17.8. The van der Waals surface area contributed by atoms with E-state index in [1.54, 1.807) is 6.08 Å². The van der Waals surface area contributed by atoms with Crippen molar-refractivity contribution in [1.29, 1.82) is 0 Å². The minimum atomic E-state index is -4.34. The van der Waals surface area contributed by atoms with E-state index in [1.807, 2.05) is 27.2 Å². The van der Waals surface area contributed by atoms with Crippen molar-refractivity contribution in [2.24, 2.45) is 0 Å². The topological polar surface area (TPSA) is 105 Å². The first-order valence-corrected chi connectivity index (χ1v) is 27.4. The van der Waals surface area contributed by atoms with Crippen LogP contribution in [-0.4, -0.2) is 73.4 Å². The lowest BCUT2D eigenvalue weighted by Crippen LogP contribution is -2.45. The van der Waals surface area contributed by atoms with E-state index in [-0.39, 0.29) is 19.1 Å². The van der Waals surface area contributed by atoms with E-state index in [0.717, 1.165) is 135 Å². The molecule has 0 aliphatic rings. The van der Waals surface area contributed by atoms with Gasteiger partial charge in [-0.05, 0) is 109 Å². The molecule has 0 heterocycles. The Balaban J connectivity index is 4.04. The number of amides is 1. The minimum Gasteiger partial charge on any atom is -0.387 e. The fraction of sp³-hybridized carbons (Fsp3) is 0.542. The van der Waals surface area contributed by atoms with Crippen LogP contribution in [0.1, 0.15) is 155 Å². The summed E-state index contributed by atoms with van der Waals surface area (Å²) in [6.45, 7) is 4.52. The first-order valence-electron chi connectivity index (χ1n) is 25.9. The highest BCUT2D eigenvalue weighted by Gasteiger charge is 2.27. The number of phosphoric acid groups is 1. The maximum Gasteiger partial charge on any atom is 0.472 e. The maximum atomic E-state index is 12.8. The van der Waals surface area contributed by atoms with Gasteiger partial charge in [-0.1, -0.05) is 198 Å². The number of likely N-dealkylation sites (N-methyl/N-ethyl adjacent to an activating group) is 1. The summed E-state index contributed by atoms with van der Waals surface area (Å²) in [5.41, 5.74) is 0.